The Hall–Kier alpha value is -4.07. The highest BCUT2D eigenvalue weighted by atomic mass is 16.5. The average Bonchev–Trinajstić information content (AvgIpc) is 3.18. The van der Waals surface area contributed by atoms with E-state index in [1.807, 2.05) is 50.2 Å². The molecule has 2 aromatic carbocycles. The van der Waals surface area contributed by atoms with E-state index >= 15 is 0 Å². The molecule has 0 saturated carbocycles. The van der Waals surface area contributed by atoms with Crippen LogP contribution in [0.15, 0.2) is 59.1 Å². The summed E-state index contributed by atoms with van der Waals surface area (Å²) < 4.78 is 21.3. The molecule has 0 aliphatic rings. The van der Waals surface area contributed by atoms with E-state index in [0.717, 1.165) is 22.4 Å². The van der Waals surface area contributed by atoms with Crippen molar-refractivity contribution < 1.29 is 28.3 Å². The Morgan fingerprint density at radius 1 is 1.06 bits per heavy atom. The predicted molar refractivity (Wildman–Crippen MR) is 126 cm³/mol. The van der Waals surface area contributed by atoms with Crippen LogP contribution in [0.5, 0.6) is 11.5 Å². The highest BCUT2D eigenvalue weighted by Crippen LogP contribution is 2.30. The molecule has 1 heterocycles. The number of benzene rings is 2. The van der Waals surface area contributed by atoms with Crippen LogP contribution in [-0.4, -0.2) is 42.7 Å². The van der Waals surface area contributed by atoms with Crippen LogP contribution >= 0.6 is 0 Å². The van der Waals surface area contributed by atoms with Gasteiger partial charge in [-0.2, -0.15) is 0 Å². The number of esters is 1. The molecule has 1 aromatic heterocycles. The molecule has 0 aliphatic carbocycles. The lowest BCUT2D eigenvalue weighted by Crippen LogP contribution is -2.34. The molecule has 178 valence electrons. The highest BCUT2D eigenvalue weighted by molar-refractivity contribution is 5.93. The van der Waals surface area contributed by atoms with Gasteiger partial charge in [0.2, 0.25) is 5.91 Å². The van der Waals surface area contributed by atoms with Crippen LogP contribution in [0.4, 0.5) is 0 Å². The maximum atomic E-state index is 12.9. The van der Waals surface area contributed by atoms with Gasteiger partial charge in [-0.3, -0.25) is 9.59 Å². The van der Waals surface area contributed by atoms with Gasteiger partial charge in [0.25, 0.3) is 0 Å². The Bertz CT molecular complexity index is 1130. The first-order valence-electron chi connectivity index (χ1n) is 10.7. The molecule has 0 bridgehead atoms. The second kappa shape index (κ2) is 11.7. The van der Waals surface area contributed by atoms with Gasteiger partial charge in [-0.05, 0) is 43.2 Å². The normalized spacial score (nSPS) is 10.8. The summed E-state index contributed by atoms with van der Waals surface area (Å²) in [5.41, 5.74) is 3.32. The van der Waals surface area contributed by atoms with Crippen LogP contribution in [0.2, 0.25) is 0 Å². The summed E-state index contributed by atoms with van der Waals surface area (Å²) in [6, 6.07) is 14.8. The third-order valence-electron chi connectivity index (χ3n) is 5.23. The summed E-state index contributed by atoms with van der Waals surface area (Å²) in [7, 11) is 2.85. The summed E-state index contributed by atoms with van der Waals surface area (Å²) in [4.78, 5) is 26.1. The number of aryl methyl sites for hydroxylation is 2. The average molecular weight is 465 g/mol. The molecule has 0 aliphatic heterocycles. The lowest BCUT2D eigenvalue weighted by Gasteiger charge is -2.20. The lowest BCUT2D eigenvalue weighted by molar-refractivity contribution is -0.145. The largest absolute Gasteiger partial charge is 0.493 e. The molecule has 0 radical (unpaired) electrons. The molecule has 8 nitrogen and oxygen atoms in total. The number of hydrogen-bond acceptors (Lipinski definition) is 7. The van der Waals surface area contributed by atoms with Crippen molar-refractivity contribution in [1.82, 2.24) is 10.1 Å². The minimum absolute atomic E-state index is 0.146. The number of ether oxygens (including phenoxy) is 3. The molecule has 34 heavy (non-hydrogen) atoms. The van der Waals surface area contributed by atoms with Crippen LogP contribution in [0.3, 0.4) is 0 Å². The van der Waals surface area contributed by atoms with Gasteiger partial charge in [0.1, 0.15) is 18.9 Å². The first-order valence-corrected chi connectivity index (χ1v) is 10.7. The van der Waals surface area contributed by atoms with Crippen molar-refractivity contribution in [1.29, 1.82) is 0 Å². The third-order valence-corrected chi connectivity index (χ3v) is 5.23. The molecule has 0 spiro atoms. The SMILES string of the molecule is COC(=O)CN(Cc1ccccc1)C(=O)/C=C/c1ccc(OCc2c(C)noc2C)c(OC)c1. The molecule has 0 N–H and O–H groups in total. The summed E-state index contributed by atoms with van der Waals surface area (Å²) >= 11 is 0. The first kappa shape index (κ1) is 24.6. The number of carbonyl (C=O) groups is 2. The molecule has 3 aromatic rings. The molecule has 0 fully saturated rings. The van der Waals surface area contributed by atoms with Crippen LogP contribution < -0.4 is 9.47 Å². The van der Waals surface area contributed by atoms with E-state index in [1.54, 1.807) is 25.3 Å². The fourth-order valence-corrected chi connectivity index (χ4v) is 3.27. The minimum atomic E-state index is -0.487. The molecule has 1 amide bonds. The summed E-state index contributed by atoms with van der Waals surface area (Å²) in [6.07, 6.45) is 3.09. The zero-order valence-electron chi connectivity index (χ0n) is 19.7. The van der Waals surface area contributed by atoms with Crippen LogP contribution in [0, 0.1) is 13.8 Å². The minimum Gasteiger partial charge on any atom is -0.493 e. The topological polar surface area (TPSA) is 91.1 Å². The van der Waals surface area contributed by atoms with Crippen LogP contribution in [0.1, 0.15) is 28.1 Å². The van der Waals surface area contributed by atoms with Crippen molar-refractivity contribution in [2.24, 2.45) is 0 Å². The fourth-order valence-electron chi connectivity index (χ4n) is 3.27. The Morgan fingerprint density at radius 2 is 1.82 bits per heavy atom. The lowest BCUT2D eigenvalue weighted by atomic mass is 10.1. The van der Waals surface area contributed by atoms with Crippen molar-refractivity contribution >= 4 is 18.0 Å². The number of nitrogens with zero attached hydrogens (tertiary/aromatic N) is 2. The number of methoxy groups -OCH3 is 2. The Morgan fingerprint density at radius 3 is 2.47 bits per heavy atom. The summed E-state index contributed by atoms with van der Waals surface area (Å²) in [5.74, 6) is 0.993. The van der Waals surface area contributed by atoms with Gasteiger partial charge >= 0.3 is 5.97 Å². The molecular formula is C26H28N2O6. The molecule has 8 heteroatoms. The zero-order chi connectivity index (χ0) is 24.5. The molecular weight excluding hydrogens is 436 g/mol. The van der Waals surface area contributed by atoms with E-state index in [1.165, 1.54) is 18.1 Å². The van der Waals surface area contributed by atoms with Gasteiger partial charge in [-0.25, -0.2) is 0 Å². The standard InChI is InChI=1S/C26H28N2O6/c1-18-22(19(2)34-27-18)17-33-23-12-10-20(14-24(23)31-3)11-13-25(29)28(16-26(30)32-4)15-21-8-6-5-7-9-21/h5-14H,15-17H2,1-4H3/b13-11+. The maximum absolute atomic E-state index is 12.9. The summed E-state index contributed by atoms with van der Waals surface area (Å²) in [6.45, 7) is 4.14. The van der Waals surface area contributed by atoms with Gasteiger partial charge in [0.05, 0.1) is 25.5 Å². The van der Waals surface area contributed by atoms with E-state index in [0.29, 0.717) is 23.9 Å². The predicted octanol–water partition coefficient (Wildman–Crippen LogP) is 4.09. The van der Waals surface area contributed by atoms with E-state index in [4.69, 9.17) is 18.7 Å². The van der Waals surface area contributed by atoms with Crippen molar-refractivity contribution in [3.8, 4) is 11.5 Å². The third kappa shape index (κ3) is 6.48. The smallest absolute Gasteiger partial charge is 0.325 e. The number of amides is 1. The molecule has 0 unspecified atom stereocenters. The van der Waals surface area contributed by atoms with Gasteiger partial charge in [-0.15, -0.1) is 0 Å². The van der Waals surface area contributed by atoms with Crippen molar-refractivity contribution in [2.45, 2.75) is 27.0 Å². The van der Waals surface area contributed by atoms with Gasteiger partial charge in [0, 0.05) is 12.6 Å². The Kier molecular flexibility index (Phi) is 8.45. The van der Waals surface area contributed by atoms with Crippen LogP contribution in [-0.2, 0) is 27.5 Å². The number of hydrogen-bond donors (Lipinski definition) is 0. The van der Waals surface area contributed by atoms with Gasteiger partial charge < -0.3 is 23.6 Å². The molecule has 0 atom stereocenters. The van der Waals surface area contributed by atoms with Crippen molar-refractivity contribution in [2.75, 3.05) is 20.8 Å². The number of aromatic nitrogens is 1. The Balaban J connectivity index is 1.71. The molecule has 0 saturated heterocycles. The Labute approximate surface area is 198 Å². The van der Waals surface area contributed by atoms with E-state index in [-0.39, 0.29) is 19.0 Å². The number of rotatable bonds is 10. The van der Waals surface area contributed by atoms with Gasteiger partial charge in [0.15, 0.2) is 11.5 Å². The fraction of sp³-hybridized carbons (Fsp3) is 0.269. The maximum Gasteiger partial charge on any atom is 0.325 e. The first-order chi connectivity index (χ1) is 16.4. The van der Waals surface area contributed by atoms with Crippen molar-refractivity contribution in [3.63, 3.8) is 0 Å². The van der Waals surface area contributed by atoms with Crippen LogP contribution in [0.25, 0.3) is 6.08 Å². The quantitative estimate of drug-likeness (QED) is 0.330. The highest BCUT2D eigenvalue weighted by Gasteiger charge is 2.16. The van der Waals surface area contributed by atoms with Crippen molar-refractivity contribution in [3.05, 3.63) is 82.8 Å². The monoisotopic (exact) mass is 464 g/mol. The van der Waals surface area contributed by atoms with E-state index in [9.17, 15) is 9.59 Å². The zero-order valence-corrected chi connectivity index (χ0v) is 19.7. The second-order valence-corrected chi connectivity index (χ2v) is 7.59. The second-order valence-electron chi connectivity index (χ2n) is 7.59. The van der Waals surface area contributed by atoms with E-state index < -0.39 is 5.97 Å². The summed E-state index contributed by atoms with van der Waals surface area (Å²) in [5, 5.41) is 3.93. The van der Waals surface area contributed by atoms with Gasteiger partial charge in [-0.1, -0.05) is 41.6 Å². The van der Waals surface area contributed by atoms with E-state index in [2.05, 4.69) is 5.16 Å². The molecule has 3 rings (SSSR count). The number of carbonyl (C=O) groups excluding carboxylic acids is 2.